The average molecular weight is 178 g/mol. The van der Waals surface area contributed by atoms with Gasteiger partial charge in [-0.2, -0.15) is 0 Å². The predicted octanol–water partition coefficient (Wildman–Crippen LogP) is 3.19. The van der Waals surface area contributed by atoms with Gasteiger partial charge in [0.2, 0.25) is 0 Å². The lowest BCUT2D eigenvalue weighted by Gasteiger charge is -1.99. The van der Waals surface area contributed by atoms with Crippen LogP contribution in [0.25, 0.3) is 21.5 Å². The molecule has 0 saturated heterocycles. The number of hydrogen-bond acceptors (Lipinski definition) is 1. The number of aromatic nitrogens is 1. The summed E-state index contributed by atoms with van der Waals surface area (Å²) in [4.78, 5) is 4.09. The number of hydrogen-bond donors (Lipinski definition) is 0. The lowest BCUT2D eigenvalue weighted by molar-refractivity contribution is 1.37. The Balaban J connectivity index is 2.52. The van der Waals surface area contributed by atoms with Gasteiger partial charge in [-0.05, 0) is 28.3 Å². The molecule has 0 unspecified atom stereocenters. The summed E-state index contributed by atoms with van der Waals surface area (Å²) in [5.41, 5.74) is 0. The van der Waals surface area contributed by atoms with Crippen LogP contribution in [0.1, 0.15) is 0 Å². The van der Waals surface area contributed by atoms with Gasteiger partial charge in [-0.1, -0.05) is 24.3 Å². The molecule has 0 aliphatic carbocycles. The normalized spacial score (nSPS) is 10.9. The first-order chi connectivity index (χ1) is 6.93. The standard InChI is InChI=1S/C13H8N/c1-2-4-11-8-13-9-14-6-5-12(13)7-10(11)3-1/h1-7,9H. The van der Waals surface area contributed by atoms with Crippen molar-refractivity contribution in [3.8, 4) is 0 Å². The molecule has 3 aromatic rings. The predicted molar refractivity (Wildman–Crippen MR) is 58.1 cm³/mol. The van der Waals surface area contributed by atoms with Crippen LogP contribution in [0.5, 0.6) is 0 Å². The molecular formula is C13H8N. The second-order valence-electron chi connectivity index (χ2n) is 3.32. The SMILES string of the molecule is [c]1c2ccccc2cc2ccncc12. The minimum atomic E-state index is 1.08. The summed E-state index contributed by atoms with van der Waals surface area (Å²) in [6.45, 7) is 0. The van der Waals surface area contributed by atoms with E-state index in [2.05, 4.69) is 29.2 Å². The molecule has 1 heteroatoms. The van der Waals surface area contributed by atoms with Crippen molar-refractivity contribution in [1.29, 1.82) is 0 Å². The molecular weight excluding hydrogens is 170 g/mol. The number of rotatable bonds is 0. The van der Waals surface area contributed by atoms with E-state index in [1.54, 1.807) is 0 Å². The van der Waals surface area contributed by atoms with Crippen LogP contribution in [0, 0.1) is 6.07 Å². The molecule has 3 rings (SSSR count). The molecule has 1 radical (unpaired) electrons. The van der Waals surface area contributed by atoms with Gasteiger partial charge in [0, 0.05) is 23.8 Å². The lowest BCUT2D eigenvalue weighted by Crippen LogP contribution is -1.77. The van der Waals surface area contributed by atoms with E-state index in [1.807, 2.05) is 30.6 Å². The monoisotopic (exact) mass is 178 g/mol. The fraction of sp³-hybridized carbons (Fsp3) is 0. The minimum absolute atomic E-state index is 1.08. The quantitative estimate of drug-likeness (QED) is 0.482. The third kappa shape index (κ3) is 1.06. The van der Waals surface area contributed by atoms with Crippen LogP contribution >= 0.6 is 0 Å². The van der Waals surface area contributed by atoms with Crippen molar-refractivity contribution in [1.82, 2.24) is 4.98 Å². The van der Waals surface area contributed by atoms with Crippen molar-refractivity contribution in [2.75, 3.05) is 0 Å². The second-order valence-corrected chi connectivity index (χ2v) is 3.32. The van der Waals surface area contributed by atoms with Crippen molar-refractivity contribution in [2.45, 2.75) is 0 Å². The highest BCUT2D eigenvalue weighted by Gasteiger charge is 1.96. The lowest BCUT2D eigenvalue weighted by atomic mass is 10.1. The van der Waals surface area contributed by atoms with Gasteiger partial charge in [0.25, 0.3) is 0 Å². The van der Waals surface area contributed by atoms with Gasteiger partial charge in [0.05, 0.1) is 0 Å². The highest BCUT2D eigenvalue weighted by atomic mass is 14.6. The Hall–Kier alpha value is -1.89. The Kier molecular flexibility index (Phi) is 1.51. The Morgan fingerprint density at radius 1 is 0.929 bits per heavy atom. The fourth-order valence-corrected chi connectivity index (χ4v) is 1.68. The van der Waals surface area contributed by atoms with E-state index in [9.17, 15) is 0 Å². The van der Waals surface area contributed by atoms with Gasteiger partial charge in [-0.15, -0.1) is 0 Å². The van der Waals surface area contributed by atoms with Crippen molar-refractivity contribution in [2.24, 2.45) is 0 Å². The molecule has 65 valence electrons. The van der Waals surface area contributed by atoms with E-state index in [0.717, 1.165) is 10.8 Å². The van der Waals surface area contributed by atoms with Crippen molar-refractivity contribution >= 4 is 21.5 Å². The first-order valence-electron chi connectivity index (χ1n) is 4.58. The van der Waals surface area contributed by atoms with Gasteiger partial charge in [0.1, 0.15) is 0 Å². The number of pyridine rings is 1. The zero-order chi connectivity index (χ0) is 9.38. The Morgan fingerprint density at radius 2 is 1.79 bits per heavy atom. The molecule has 0 aliphatic rings. The molecule has 0 N–H and O–H groups in total. The average Bonchev–Trinajstić information content (AvgIpc) is 2.26. The summed E-state index contributed by atoms with van der Waals surface area (Å²) in [7, 11) is 0. The topological polar surface area (TPSA) is 12.9 Å². The number of fused-ring (bicyclic) bond motifs is 2. The van der Waals surface area contributed by atoms with Crippen molar-refractivity contribution < 1.29 is 0 Å². The summed E-state index contributed by atoms with van der Waals surface area (Å²) >= 11 is 0. The Bertz CT molecular complexity index is 494. The van der Waals surface area contributed by atoms with Crippen LogP contribution < -0.4 is 0 Å². The molecule has 0 saturated carbocycles. The molecule has 0 fully saturated rings. The smallest absolute Gasteiger partial charge is 0.0352 e. The highest BCUT2D eigenvalue weighted by molar-refractivity contribution is 5.96. The van der Waals surface area contributed by atoms with E-state index < -0.39 is 0 Å². The maximum atomic E-state index is 4.09. The van der Waals surface area contributed by atoms with Gasteiger partial charge in [-0.25, -0.2) is 0 Å². The van der Waals surface area contributed by atoms with Gasteiger partial charge in [-0.3, -0.25) is 4.98 Å². The zero-order valence-electron chi connectivity index (χ0n) is 7.57. The van der Waals surface area contributed by atoms with Crippen molar-refractivity contribution in [3.63, 3.8) is 0 Å². The molecule has 0 bridgehead atoms. The molecule has 2 aromatic carbocycles. The molecule has 0 atom stereocenters. The summed E-state index contributed by atoms with van der Waals surface area (Å²) < 4.78 is 0. The van der Waals surface area contributed by atoms with Crippen molar-refractivity contribution in [3.05, 3.63) is 54.9 Å². The molecule has 0 aliphatic heterocycles. The first-order valence-corrected chi connectivity index (χ1v) is 4.58. The van der Waals surface area contributed by atoms with Gasteiger partial charge in [0.15, 0.2) is 0 Å². The zero-order valence-corrected chi connectivity index (χ0v) is 7.57. The fourth-order valence-electron chi connectivity index (χ4n) is 1.68. The third-order valence-electron chi connectivity index (χ3n) is 2.40. The molecule has 0 spiro atoms. The summed E-state index contributed by atoms with van der Waals surface area (Å²) in [5, 5.41) is 4.64. The van der Waals surface area contributed by atoms with Crippen LogP contribution in [0.3, 0.4) is 0 Å². The molecule has 1 nitrogen and oxygen atoms in total. The molecule has 0 amide bonds. The van der Waals surface area contributed by atoms with E-state index >= 15 is 0 Å². The first kappa shape index (κ1) is 7.51. The van der Waals surface area contributed by atoms with Crippen LogP contribution in [-0.4, -0.2) is 4.98 Å². The maximum absolute atomic E-state index is 4.09. The summed E-state index contributed by atoms with van der Waals surface area (Å²) in [6.07, 6.45) is 3.66. The van der Waals surface area contributed by atoms with E-state index in [1.165, 1.54) is 10.8 Å². The molecule has 14 heavy (non-hydrogen) atoms. The Morgan fingerprint density at radius 3 is 2.79 bits per heavy atom. The largest absolute Gasteiger partial charge is 0.264 e. The maximum Gasteiger partial charge on any atom is 0.0352 e. The molecule has 1 heterocycles. The third-order valence-corrected chi connectivity index (χ3v) is 2.40. The highest BCUT2D eigenvalue weighted by Crippen LogP contribution is 2.20. The number of benzene rings is 2. The summed E-state index contributed by atoms with van der Waals surface area (Å²) in [5.74, 6) is 0. The van der Waals surface area contributed by atoms with Crippen LogP contribution in [0.4, 0.5) is 0 Å². The summed E-state index contributed by atoms with van der Waals surface area (Å²) in [6, 6.07) is 15.8. The van der Waals surface area contributed by atoms with Crippen LogP contribution in [0.2, 0.25) is 0 Å². The second kappa shape index (κ2) is 2.81. The van der Waals surface area contributed by atoms with Crippen LogP contribution in [0.15, 0.2) is 48.8 Å². The van der Waals surface area contributed by atoms with E-state index in [-0.39, 0.29) is 0 Å². The van der Waals surface area contributed by atoms with Gasteiger partial charge < -0.3 is 0 Å². The van der Waals surface area contributed by atoms with Crippen LogP contribution in [-0.2, 0) is 0 Å². The number of nitrogens with zero attached hydrogens (tertiary/aromatic N) is 1. The van der Waals surface area contributed by atoms with E-state index in [4.69, 9.17) is 0 Å². The minimum Gasteiger partial charge on any atom is -0.264 e. The van der Waals surface area contributed by atoms with Gasteiger partial charge >= 0.3 is 0 Å². The van der Waals surface area contributed by atoms with E-state index in [0.29, 0.717) is 0 Å². The Labute approximate surface area is 82.0 Å². The molecule has 1 aromatic heterocycles.